The third kappa shape index (κ3) is 3.63. The van der Waals surface area contributed by atoms with E-state index in [1.165, 1.54) is 7.11 Å². The minimum absolute atomic E-state index is 0.341. The fraction of sp³-hybridized carbons (Fsp3) is 0.176. The minimum atomic E-state index is -0.872. The van der Waals surface area contributed by atoms with E-state index in [-0.39, 0.29) is 5.91 Å². The van der Waals surface area contributed by atoms with Crippen LogP contribution in [0, 0.1) is 0 Å². The molecule has 0 bridgehead atoms. The van der Waals surface area contributed by atoms with Crippen LogP contribution in [-0.2, 0) is 9.53 Å². The molecule has 2 rings (SSSR count). The molecule has 0 aliphatic heterocycles. The summed E-state index contributed by atoms with van der Waals surface area (Å²) in [5.74, 6) is -0.206. The average molecular weight is 299 g/mol. The van der Waals surface area contributed by atoms with Crippen molar-refractivity contribution in [2.24, 2.45) is 0 Å². The van der Waals surface area contributed by atoms with Crippen molar-refractivity contribution in [2.75, 3.05) is 14.2 Å². The van der Waals surface area contributed by atoms with Crippen LogP contribution in [0.25, 0.3) is 0 Å². The molecule has 5 nitrogen and oxygen atoms in total. The first-order chi connectivity index (χ1) is 10.7. The molecule has 0 radical (unpaired) electrons. The molecule has 22 heavy (non-hydrogen) atoms. The van der Waals surface area contributed by atoms with Crippen LogP contribution in [0.5, 0.6) is 5.75 Å². The SMILES string of the molecule is COC(=O)C(NC(=O)c1ccccc1)c1ccc(OC)cc1. The molecule has 0 saturated carbocycles. The van der Waals surface area contributed by atoms with Crippen molar-refractivity contribution in [3.8, 4) is 5.75 Å². The van der Waals surface area contributed by atoms with Gasteiger partial charge in [-0.2, -0.15) is 0 Å². The van der Waals surface area contributed by atoms with Gasteiger partial charge in [0.25, 0.3) is 5.91 Å². The van der Waals surface area contributed by atoms with Crippen LogP contribution in [0.4, 0.5) is 0 Å². The second-order valence-electron chi connectivity index (χ2n) is 4.57. The zero-order valence-electron chi connectivity index (χ0n) is 12.4. The van der Waals surface area contributed by atoms with Gasteiger partial charge in [-0.25, -0.2) is 4.79 Å². The predicted octanol–water partition coefficient (Wildman–Crippen LogP) is 2.34. The quantitative estimate of drug-likeness (QED) is 0.861. The Morgan fingerprint density at radius 3 is 2.14 bits per heavy atom. The summed E-state index contributed by atoms with van der Waals surface area (Å²) >= 11 is 0. The molecule has 0 heterocycles. The number of carbonyl (C=O) groups excluding carboxylic acids is 2. The van der Waals surface area contributed by atoms with E-state index in [2.05, 4.69) is 5.32 Å². The Labute approximate surface area is 128 Å². The summed E-state index contributed by atoms with van der Waals surface area (Å²) in [4.78, 5) is 24.2. The number of carbonyl (C=O) groups is 2. The van der Waals surface area contributed by atoms with E-state index < -0.39 is 12.0 Å². The van der Waals surface area contributed by atoms with Crippen molar-refractivity contribution in [1.29, 1.82) is 0 Å². The predicted molar refractivity (Wildman–Crippen MR) is 81.7 cm³/mol. The maximum absolute atomic E-state index is 12.2. The first-order valence-corrected chi connectivity index (χ1v) is 6.73. The van der Waals surface area contributed by atoms with Crippen LogP contribution in [0.2, 0.25) is 0 Å². The monoisotopic (exact) mass is 299 g/mol. The van der Waals surface area contributed by atoms with Gasteiger partial charge in [-0.3, -0.25) is 4.79 Å². The van der Waals surface area contributed by atoms with E-state index in [9.17, 15) is 9.59 Å². The lowest BCUT2D eigenvalue weighted by molar-refractivity contribution is -0.143. The van der Waals surface area contributed by atoms with Crippen LogP contribution in [0.1, 0.15) is 22.0 Å². The van der Waals surface area contributed by atoms with Gasteiger partial charge in [0.05, 0.1) is 14.2 Å². The second-order valence-corrected chi connectivity index (χ2v) is 4.57. The maximum atomic E-state index is 12.2. The molecule has 2 aromatic rings. The van der Waals surface area contributed by atoms with Crippen molar-refractivity contribution < 1.29 is 19.1 Å². The van der Waals surface area contributed by atoms with Gasteiger partial charge in [0.1, 0.15) is 5.75 Å². The standard InChI is InChI=1S/C17H17NO4/c1-21-14-10-8-12(9-11-14)15(17(20)22-2)18-16(19)13-6-4-3-5-7-13/h3-11,15H,1-2H3,(H,18,19). The van der Waals surface area contributed by atoms with Gasteiger partial charge in [-0.1, -0.05) is 30.3 Å². The van der Waals surface area contributed by atoms with Crippen LogP contribution in [0.3, 0.4) is 0 Å². The van der Waals surface area contributed by atoms with Gasteiger partial charge < -0.3 is 14.8 Å². The first-order valence-electron chi connectivity index (χ1n) is 6.73. The summed E-state index contributed by atoms with van der Waals surface area (Å²) in [6, 6.07) is 14.7. The molecule has 0 spiro atoms. The Morgan fingerprint density at radius 1 is 0.955 bits per heavy atom. The largest absolute Gasteiger partial charge is 0.497 e. The van der Waals surface area contributed by atoms with Gasteiger partial charge in [-0.05, 0) is 29.8 Å². The Morgan fingerprint density at radius 2 is 1.59 bits per heavy atom. The Balaban J connectivity index is 2.22. The average Bonchev–Trinajstić information content (AvgIpc) is 2.59. The maximum Gasteiger partial charge on any atom is 0.333 e. The molecule has 0 fully saturated rings. The van der Waals surface area contributed by atoms with E-state index in [0.717, 1.165) is 0 Å². The van der Waals surface area contributed by atoms with Gasteiger partial charge in [0, 0.05) is 5.56 Å². The number of esters is 1. The second kappa shape index (κ2) is 7.26. The summed E-state index contributed by atoms with van der Waals surface area (Å²) in [6.45, 7) is 0. The number of nitrogens with one attached hydrogen (secondary N) is 1. The topological polar surface area (TPSA) is 64.6 Å². The summed E-state index contributed by atoms with van der Waals surface area (Å²) in [5, 5.41) is 2.68. The summed E-state index contributed by atoms with van der Waals surface area (Å²) < 4.78 is 9.86. The number of hydrogen-bond acceptors (Lipinski definition) is 4. The molecule has 0 aliphatic rings. The van der Waals surface area contributed by atoms with E-state index in [1.807, 2.05) is 6.07 Å². The number of methoxy groups -OCH3 is 2. The highest BCUT2D eigenvalue weighted by molar-refractivity contribution is 5.97. The number of ether oxygens (including phenoxy) is 2. The fourth-order valence-corrected chi connectivity index (χ4v) is 2.00. The minimum Gasteiger partial charge on any atom is -0.497 e. The Bertz CT molecular complexity index is 637. The number of amides is 1. The summed E-state index contributed by atoms with van der Waals surface area (Å²) in [6.07, 6.45) is 0. The molecule has 1 amide bonds. The summed E-state index contributed by atoms with van der Waals surface area (Å²) in [7, 11) is 2.84. The third-order valence-corrected chi connectivity index (χ3v) is 3.20. The Hall–Kier alpha value is -2.82. The molecular formula is C17H17NO4. The van der Waals surface area contributed by atoms with Crippen LogP contribution in [0.15, 0.2) is 54.6 Å². The highest BCUT2D eigenvalue weighted by atomic mass is 16.5. The molecule has 1 atom stereocenters. The molecule has 0 aromatic heterocycles. The molecule has 1 N–H and O–H groups in total. The van der Waals surface area contributed by atoms with Gasteiger partial charge in [-0.15, -0.1) is 0 Å². The zero-order chi connectivity index (χ0) is 15.9. The number of rotatable bonds is 5. The lowest BCUT2D eigenvalue weighted by Gasteiger charge is -2.17. The first kappa shape index (κ1) is 15.6. The van der Waals surface area contributed by atoms with Crippen molar-refractivity contribution >= 4 is 11.9 Å². The number of hydrogen-bond donors (Lipinski definition) is 1. The van der Waals surface area contributed by atoms with Crippen molar-refractivity contribution in [1.82, 2.24) is 5.32 Å². The van der Waals surface area contributed by atoms with Gasteiger partial charge in [0.2, 0.25) is 0 Å². The summed E-state index contributed by atoms with van der Waals surface area (Å²) in [5.41, 5.74) is 1.10. The van der Waals surface area contributed by atoms with Gasteiger partial charge in [0.15, 0.2) is 6.04 Å². The molecule has 0 aliphatic carbocycles. The van der Waals surface area contributed by atoms with E-state index in [1.54, 1.807) is 55.6 Å². The van der Waals surface area contributed by atoms with Crippen molar-refractivity contribution in [2.45, 2.75) is 6.04 Å². The van der Waals surface area contributed by atoms with Gasteiger partial charge >= 0.3 is 5.97 Å². The lowest BCUT2D eigenvalue weighted by atomic mass is 10.1. The molecule has 2 aromatic carbocycles. The molecule has 1 unspecified atom stereocenters. The molecule has 0 saturated heterocycles. The highest BCUT2D eigenvalue weighted by Gasteiger charge is 2.24. The lowest BCUT2D eigenvalue weighted by Crippen LogP contribution is -2.34. The van der Waals surface area contributed by atoms with Crippen molar-refractivity contribution in [3.05, 3.63) is 65.7 Å². The van der Waals surface area contributed by atoms with E-state index >= 15 is 0 Å². The van der Waals surface area contributed by atoms with E-state index in [0.29, 0.717) is 16.9 Å². The Kier molecular flexibility index (Phi) is 5.14. The smallest absolute Gasteiger partial charge is 0.333 e. The van der Waals surface area contributed by atoms with Crippen molar-refractivity contribution in [3.63, 3.8) is 0 Å². The zero-order valence-corrected chi connectivity index (χ0v) is 12.4. The molecule has 114 valence electrons. The normalized spacial score (nSPS) is 11.4. The number of benzene rings is 2. The van der Waals surface area contributed by atoms with Crippen LogP contribution in [-0.4, -0.2) is 26.1 Å². The van der Waals surface area contributed by atoms with E-state index in [4.69, 9.17) is 9.47 Å². The van der Waals surface area contributed by atoms with Crippen LogP contribution < -0.4 is 10.1 Å². The molecule has 5 heteroatoms. The van der Waals surface area contributed by atoms with Crippen LogP contribution >= 0.6 is 0 Å². The highest BCUT2D eigenvalue weighted by Crippen LogP contribution is 2.19. The molecular weight excluding hydrogens is 282 g/mol. The fourth-order valence-electron chi connectivity index (χ4n) is 2.00. The third-order valence-electron chi connectivity index (χ3n) is 3.20.